The molecule has 1 aromatic rings. The van der Waals surface area contributed by atoms with Crippen molar-refractivity contribution in [2.75, 3.05) is 6.54 Å². The maximum Gasteiger partial charge on any atom is 0.120 e. The molecule has 72 valence electrons. The summed E-state index contributed by atoms with van der Waals surface area (Å²) in [4.78, 5) is 0. The van der Waals surface area contributed by atoms with Gasteiger partial charge in [0.15, 0.2) is 0 Å². The standard InChI is InChI=1S/C11H17NO/c1-9(11-3-2-8-13-11)12-7-6-10-4-5-10/h2-3,8-10,12H,4-7H2,1H3. The van der Waals surface area contributed by atoms with Crippen molar-refractivity contribution in [3.8, 4) is 0 Å². The number of nitrogens with one attached hydrogen (secondary N) is 1. The Morgan fingerprint density at radius 2 is 2.46 bits per heavy atom. The Kier molecular flexibility index (Phi) is 2.69. The highest BCUT2D eigenvalue weighted by atomic mass is 16.3. The van der Waals surface area contributed by atoms with Gasteiger partial charge in [-0.1, -0.05) is 12.8 Å². The first-order chi connectivity index (χ1) is 6.36. The Bertz CT molecular complexity index is 239. The first kappa shape index (κ1) is 8.82. The van der Waals surface area contributed by atoms with Gasteiger partial charge < -0.3 is 9.73 Å². The molecule has 0 radical (unpaired) electrons. The Morgan fingerprint density at radius 1 is 1.62 bits per heavy atom. The first-order valence-corrected chi connectivity index (χ1v) is 5.13. The van der Waals surface area contributed by atoms with Crippen molar-refractivity contribution in [2.24, 2.45) is 5.92 Å². The largest absolute Gasteiger partial charge is 0.468 e. The van der Waals surface area contributed by atoms with E-state index in [0.717, 1.165) is 18.2 Å². The summed E-state index contributed by atoms with van der Waals surface area (Å²) >= 11 is 0. The molecular weight excluding hydrogens is 162 g/mol. The minimum atomic E-state index is 0.355. The second kappa shape index (κ2) is 3.97. The Hall–Kier alpha value is -0.760. The summed E-state index contributed by atoms with van der Waals surface area (Å²) in [5.74, 6) is 2.05. The molecule has 0 amide bonds. The third-order valence-corrected chi connectivity index (χ3v) is 2.67. The normalized spacial score (nSPS) is 18.8. The molecule has 2 nitrogen and oxygen atoms in total. The quantitative estimate of drug-likeness (QED) is 0.751. The van der Waals surface area contributed by atoms with Gasteiger partial charge >= 0.3 is 0 Å². The third kappa shape index (κ3) is 2.59. The van der Waals surface area contributed by atoms with Gasteiger partial charge in [0, 0.05) is 0 Å². The molecule has 1 atom stereocenters. The Labute approximate surface area is 79.3 Å². The van der Waals surface area contributed by atoms with Crippen molar-refractivity contribution < 1.29 is 4.42 Å². The van der Waals surface area contributed by atoms with Gasteiger partial charge in [-0.15, -0.1) is 0 Å². The molecule has 1 N–H and O–H groups in total. The fourth-order valence-electron chi connectivity index (χ4n) is 1.55. The number of furan rings is 1. The SMILES string of the molecule is CC(NCCC1CC1)c1ccco1. The van der Waals surface area contributed by atoms with Gasteiger partial charge in [0.1, 0.15) is 5.76 Å². The number of rotatable bonds is 5. The molecule has 0 spiro atoms. The molecule has 0 aliphatic heterocycles. The van der Waals surface area contributed by atoms with Crippen LogP contribution in [0.25, 0.3) is 0 Å². The van der Waals surface area contributed by atoms with Crippen LogP contribution >= 0.6 is 0 Å². The van der Waals surface area contributed by atoms with Crippen molar-refractivity contribution >= 4 is 0 Å². The van der Waals surface area contributed by atoms with Gasteiger partial charge in [0.05, 0.1) is 12.3 Å². The molecule has 1 aliphatic rings. The summed E-state index contributed by atoms with van der Waals surface area (Å²) in [5.41, 5.74) is 0. The zero-order chi connectivity index (χ0) is 9.10. The van der Waals surface area contributed by atoms with Crippen molar-refractivity contribution in [3.05, 3.63) is 24.2 Å². The van der Waals surface area contributed by atoms with E-state index < -0.39 is 0 Å². The van der Waals surface area contributed by atoms with Crippen molar-refractivity contribution in [1.82, 2.24) is 5.32 Å². The average Bonchev–Trinajstić information content (AvgIpc) is 2.80. The zero-order valence-corrected chi connectivity index (χ0v) is 8.12. The lowest BCUT2D eigenvalue weighted by Gasteiger charge is -2.10. The maximum atomic E-state index is 5.31. The zero-order valence-electron chi connectivity index (χ0n) is 8.12. The van der Waals surface area contributed by atoms with Crippen LogP contribution in [0, 0.1) is 5.92 Å². The molecule has 1 fully saturated rings. The smallest absolute Gasteiger partial charge is 0.120 e. The molecule has 1 aliphatic carbocycles. The number of hydrogen-bond acceptors (Lipinski definition) is 2. The molecule has 0 aromatic carbocycles. The number of hydrogen-bond donors (Lipinski definition) is 1. The highest BCUT2D eigenvalue weighted by molar-refractivity contribution is 5.02. The van der Waals surface area contributed by atoms with Crippen molar-refractivity contribution in [3.63, 3.8) is 0 Å². The molecule has 2 heteroatoms. The van der Waals surface area contributed by atoms with E-state index in [-0.39, 0.29) is 0 Å². The van der Waals surface area contributed by atoms with Crippen LogP contribution in [0.5, 0.6) is 0 Å². The Balaban J connectivity index is 1.68. The van der Waals surface area contributed by atoms with E-state index in [2.05, 4.69) is 12.2 Å². The summed E-state index contributed by atoms with van der Waals surface area (Å²) in [6.07, 6.45) is 5.94. The second-order valence-corrected chi connectivity index (χ2v) is 3.92. The van der Waals surface area contributed by atoms with Crippen LogP contribution in [0.15, 0.2) is 22.8 Å². The molecular formula is C11H17NO. The molecule has 0 saturated heterocycles. The Morgan fingerprint density at radius 3 is 3.08 bits per heavy atom. The van der Waals surface area contributed by atoms with Crippen LogP contribution < -0.4 is 5.32 Å². The first-order valence-electron chi connectivity index (χ1n) is 5.13. The monoisotopic (exact) mass is 179 g/mol. The lowest BCUT2D eigenvalue weighted by Crippen LogP contribution is -2.19. The van der Waals surface area contributed by atoms with E-state index in [1.165, 1.54) is 19.3 Å². The molecule has 1 saturated carbocycles. The van der Waals surface area contributed by atoms with E-state index >= 15 is 0 Å². The summed E-state index contributed by atoms with van der Waals surface area (Å²) in [7, 11) is 0. The van der Waals surface area contributed by atoms with Gasteiger partial charge in [-0.05, 0) is 37.9 Å². The van der Waals surface area contributed by atoms with E-state index in [1.807, 2.05) is 12.1 Å². The summed E-state index contributed by atoms with van der Waals surface area (Å²) in [5, 5.41) is 3.46. The van der Waals surface area contributed by atoms with Crippen LogP contribution in [0.1, 0.15) is 38.0 Å². The van der Waals surface area contributed by atoms with Crippen LogP contribution in [0.4, 0.5) is 0 Å². The van der Waals surface area contributed by atoms with Gasteiger partial charge in [0.25, 0.3) is 0 Å². The highest BCUT2D eigenvalue weighted by Crippen LogP contribution is 2.31. The lowest BCUT2D eigenvalue weighted by atomic mass is 10.2. The van der Waals surface area contributed by atoms with Crippen molar-refractivity contribution in [2.45, 2.75) is 32.2 Å². The van der Waals surface area contributed by atoms with E-state index in [9.17, 15) is 0 Å². The fourth-order valence-corrected chi connectivity index (χ4v) is 1.55. The van der Waals surface area contributed by atoms with E-state index in [1.54, 1.807) is 6.26 Å². The van der Waals surface area contributed by atoms with Gasteiger partial charge in [-0.2, -0.15) is 0 Å². The molecule has 0 bridgehead atoms. The predicted octanol–water partition coefficient (Wildman–Crippen LogP) is 2.73. The maximum absolute atomic E-state index is 5.31. The molecule has 2 rings (SSSR count). The van der Waals surface area contributed by atoms with Crippen LogP contribution in [0.3, 0.4) is 0 Å². The third-order valence-electron chi connectivity index (χ3n) is 2.67. The summed E-state index contributed by atoms with van der Waals surface area (Å²) in [6, 6.07) is 4.32. The van der Waals surface area contributed by atoms with E-state index in [0.29, 0.717) is 6.04 Å². The molecule has 1 heterocycles. The average molecular weight is 179 g/mol. The second-order valence-electron chi connectivity index (χ2n) is 3.92. The van der Waals surface area contributed by atoms with Crippen molar-refractivity contribution in [1.29, 1.82) is 0 Å². The van der Waals surface area contributed by atoms with E-state index in [4.69, 9.17) is 4.42 Å². The fraction of sp³-hybridized carbons (Fsp3) is 0.636. The van der Waals surface area contributed by atoms with Crippen LogP contribution in [0.2, 0.25) is 0 Å². The molecule has 1 aromatic heterocycles. The van der Waals surface area contributed by atoms with Gasteiger partial charge in [-0.3, -0.25) is 0 Å². The minimum Gasteiger partial charge on any atom is -0.468 e. The molecule has 1 unspecified atom stereocenters. The summed E-state index contributed by atoms with van der Waals surface area (Å²) in [6.45, 7) is 3.26. The van der Waals surface area contributed by atoms with Gasteiger partial charge in [0.2, 0.25) is 0 Å². The highest BCUT2D eigenvalue weighted by Gasteiger charge is 2.20. The summed E-state index contributed by atoms with van der Waals surface area (Å²) < 4.78 is 5.31. The van der Waals surface area contributed by atoms with Crippen LogP contribution in [-0.4, -0.2) is 6.54 Å². The topological polar surface area (TPSA) is 25.2 Å². The van der Waals surface area contributed by atoms with Crippen LogP contribution in [-0.2, 0) is 0 Å². The lowest BCUT2D eigenvalue weighted by molar-refractivity contribution is 0.425. The molecule has 13 heavy (non-hydrogen) atoms. The minimum absolute atomic E-state index is 0.355. The predicted molar refractivity (Wildman–Crippen MR) is 52.5 cm³/mol. The van der Waals surface area contributed by atoms with Gasteiger partial charge in [-0.25, -0.2) is 0 Å².